The highest BCUT2D eigenvalue weighted by Gasteiger charge is 2.27. The fourth-order valence-corrected chi connectivity index (χ4v) is 4.41. The number of carbonyl (C=O) groups excluding carboxylic acids is 1. The van der Waals surface area contributed by atoms with Gasteiger partial charge in [0, 0.05) is 5.69 Å². The van der Waals surface area contributed by atoms with E-state index in [1.165, 1.54) is 49.8 Å². The van der Waals surface area contributed by atoms with Gasteiger partial charge < -0.3 is 9.73 Å². The van der Waals surface area contributed by atoms with Crippen LogP contribution in [-0.2, 0) is 19.4 Å². The van der Waals surface area contributed by atoms with Crippen LogP contribution in [0.2, 0.25) is 0 Å². The lowest BCUT2D eigenvalue weighted by Crippen LogP contribution is -2.24. The van der Waals surface area contributed by atoms with Gasteiger partial charge in [-0.2, -0.15) is 5.10 Å². The number of hydrogen-bond donors (Lipinski definition) is 1. The number of fused-ring (bicyclic) bond motifs is 1. The van der Waals surface area contributed by atoms with Crippen LogP contribution in [-0.4, -0.2) is 15.7 Å². The second-order valence-electron chi connectivity index (χ2n) is 7.47. The molecule has 0 bridgehead atoms. The summed E-state index contributed by atoms with van der Waals surface area (Å²) in [4.78, 5) is 12.5. The molecule has 1 N–H and O–H groups in total. The Bertz CT molecular complexity index is 781. The molecule has 5 heteroatoms. The molecule has 2 aromatic rings. The second kappa shape index (κ2) is 6.70. The Labute approximate surface area is 148 Å². The normalized spacial score (nSPS) is 17.7. The first-order chi connectivity index (χ1) is 12.1. The van der Waals surface area contributed by atoms with Crippen LogP contribution >= 0.6 is 0 Å². The molecule has 2 aliphatic carbocycles. The summed E-state index contributed by atoms with van der Waals surface area (Å²) < 4.78 is 7.77. The summed E-state index contributed by atoms with van der Waals surface area (Å²) in [7, 11) is 0. The van der Waals surface area contributed by atoms with Crippen LogP contribution in [0.1, 0.15) is 83.4 Å². The average molecular weight is 341 g/mol. The molecule has 0 unspecified atom stereocenters. The summed E-state index contributed by atoms with van der Waals surface area (Å²) in [5.74, 6) is 1.37. The molecular weight excluding hydrogens is 314 g/mol. The topological polar surface area (TPSA) is 60.1 Å². The van der Waals surface area contributed by atoms with Gasteiger partial charge in [0.05, 0.1) is 23.8 Å². The molecule has 0 atom stereocenters. The number of rotatable bonds is 4. The van der Waals surface area contributed by atoms with Crippen molar-refractivity contribution in [2.45, 2.75) is 77.8 Å². The lowest BCUT2D eigenvalue weighted by atomic mass is 9.95. The molecule has 0 spiro atoms. The number of aromatic nitrogens is 2. The predicted molar refractivity (Wildman–Crippen MR) is 95.7 cm³/mol. The zero-order valence-corrected chi connectivity index (χ0v) is 15.2. The Kier molecular flexibility index (Phi) is 4.40. The highest BCUT2D eigenvalue weighted by Crippen LogP contribution is 2.34. The fourth-order valence-electron chi connectivity index (χ4n) is 4.41. The molecule has 0 saturated heterocycles. The lowest BCUT2D eigenvalue weighted by Gasteiger charge is -2.18. The van der Waals surface area contributed by atoms with Crippen molar-refractivity contribution >= 4 is 5.91 Å². The minimum absolute atomic E-state index is 0.0747. The molecule has 0 aliphatic heterocycles. The molecule has 2 aromatic heterocycles. The first-order valence-corrected chi connectivity index (χ1v) is 9.58. The van der Waals surface area contributed by atoms with Crippen molar-refractivity contribution < 1.29 is 9.21 Å². The van der Waals surface area contributed by atoms with Crippen LogP contribution in [0.4, 0.5) is 0 Å². The van der Waals surface area contributed by atoms with Crippen molar-refractivity contribution in [1.82, 2.24) is 15.1 Å². The van der Waals surface area contributed by atoms with Crippen LogP contribution in [0.5, 0.6) is 0 Å². The Balaban J connectivity index is 1.54. The van der Waals surface area contributed by atoms with Gasteiger partial charge in [-0.05, 0) is 64.0 Å². The zero-order chi connectivity index (χ0) is 17.4. The minimum Gasteiger partial charge on any atom is -0.466 e. The average Bonchev–Trinajstić information content (AvgIpc) is 3.31. The minimum atomic E-state index is -0.0747. The number of furan rings is 1. The maximum atomic E-state index is 12.5. The van der Waals surface area contributed by atoms with Crippen LogP contribution in [0.25, 0.3) is 0 Å². The van der Waals surface area contributed by atoms with Crippen LogP contribution < -0.4 is 5.32 Å². The Morgan fingerprint density at radius 3 is 2.72 bits per heavy atom. The highest BCUT2D eigenvalue weighted by atomic mass is 16.3. The molecule has 2 heterocycles. The van der Waals surface area contributed by atoms with E-state index < -0.39 is 0 Å². The quantitative estimate of drug-likeness (QED) is 0.914. The van der Waals surface area contributed by atoms with Gasteiger partial charge >= 0.3 is 0 Å². The fraction of sp³-hybridized carbons (Fsp3) is 0.600. The molecule has 1 saturated carbocycles. The van der Waals surface area contributed by atoms with Gasteiger partial charge in [-0.25, -0.2) is 0 Å². The molecule has 25 heavy (non-hydrogen) atoms. The molecular formula is C20H27N3O2. The molecule has 0 aromatic carbocycles. The standard InChI is InChI=1S/C20H27N3O2/c1-13-11-17(14(2)25-13)20(24)21-12-18-16-9-5-6-10-19(16)23(22-18)15-7-3-4-8-15/h11,15H,3-10,12H2,1-2H3,(H,21,24). The summed E-state index contributed by atoms with van der Waals surface area (Å²) in [5.41, 5.74) is 4.51. The molecule has 4 rings (SSSR count). The van der Waals surface area contributed by atoms with Gasteiger partial charge in [0.15, 0.2) is 0 Å². The van der Waals surface area contributed by atoms with Gasteiger partial charge in [0.2, 0.25) is 0 Å². The maximum Gasteiger partial charge on any atom is 0.255 e. The third-order valence-electron chi connectivity index (χ3n) is 5.66. The van der Waals surface area contributed by atoms with Gasteiger partial charge in [-0.15, -0.1) is 0 Å². The van der Waals surface area contributed by atoms with E-state index in [9.17, 15) is 4.79 Å². The first kappa shape index (κ1) is 16.4. The Morgan fingerprint density at radius 2 is 2.00 bits per heavy atom. The molecule has 1 fully saturated rings. The zero-order valence-electron chi connectivity index (χ0n) is 15.2. The van der Waals surface area contributed by atoms with Gasteiger partial charge in [-0.3, -0.25) is 9.48 Å². The SMILES string of the molecule is Cc1cc(C(=O)NCc2nn(C3CCCC3)c3c2CCCC3)c(C)o1. The van der Waals surface area contributed by atoms with E-state index in [-0.39, 0.29) is 5.91 Å². The Morgan fingerprint density at radius 1 is 1.24 bits per heavy atom. The monoisotopic (exact) mass is 341 g/mol. The van der Waals surface area contributed by atoms with Crippen molar-refractivity contribution in [2.75, 3.05) is 0 Å². The van der Waals surface area contributed by atoms with Gasteiger partial charge in [0.25, 0.3) is 5.91 Å². The summed E-state index contributed by atoms with van der Waals surface area (Å²) in [6.07, 6.45) is 9.81. The summed E-state index contributed by atoms with van der Waals surface area (Å²) >= 11 is 0. The number of aryl methyl sites for hydroxylation is 2. The highest BCUT2D eigenvalue weighted by molar-refractivity contribution is 5.95. The second-order valence-corrected chi connectivity index (χ2v) is 7.47. The van der Waals surface area contributed by atoms with Crippen LogP contribution in [0.15, 0.2) is 10.5 Å². The molecule has 1 amide bonds. The van der Waals surface area contributed by atoms with E-state index in [4.69, 9.17) is 9.52 Å². The summed E-state index contributed by atoms with van der Waals surface area (Å²) in [6, 6.07) is 2.37. The maximum absolute atomic E-state index is 12.5. The van der Waals surface area contributed by atoms with E-state index in [0.29, 0.717) is 23.9 Å². The van der Waals surface area contributed by atoms with E-state index >= 15 is 0 Å². The van der Waals surface area contributed by atoms with E-state index in [0.717, 1.165) is 24.3 Å². The third-order valence-corrected chi connectivity index (χ3v) is 5.66. The third kappa shape index (κ3) is 3.12. The molecule has 2 aliphatic rings. The molecule has 134 valence electrons. The lowest BCUT2D eigenvalue weighted by molar-refractivity contribution is 0.0948. The van der Waals surface area contributed by atoms with Crippen molar-refractivity contribution in [3.63, 3.8) is 0 Å². The van der Waals surface area contributed by atoms with Crippen molar-refractivity contribution in [1.29, 1.82) is 0 Å². The van der Waals surface area contributed by atoms with Crippen molar-refractivity contribution in [2.24, 2.45) is 0 Å². The number of amides is 1. The molecule has 5 nitrogen and oxygen atoms in total. The van der Waals surface area contributed by atoms with Crippen LogP contribution in [0.3, 0.4) is 0 Å². The first-order valence-electron chi connectivity index (χ1n) is 9.58. The van der Waals surface area contributed by atoms with E-state index in [2.05, 4.69) is 10.00 Å². The van der Waals surface area contributed by atoms with E-state index in [1.54, 1.807) is 6.07 Å². The predicted octanol–water partition coefficient (Wildman–Crippen LogP) is 4.02. The van der Waals surface area contributed by atoms with Gasteiger partial charge in [-0.1, -0.05) is 12.8 Å². The summed E-state index contributed by atoms with van der Waals surface area (Å²) in [6.45, 7) is 4.20. The Hall–Kier alpha value is -2.04. The molecule has 0 radical (unpaired) electrons. The van der Waals surface area contributed by atoms with Crippen LogP contribution in [0, 0.1) is 13.8 Å². The largest absolute Gasteiger partial charge is 0.466 e. The smallest absolute Gasteiger partial charge is 0.255 e. The number of hydrogen-bond acceptors (Lipinski definition) is 3. The number of carbonyl (C=O) groups is 1. The van der Waals surface area contributed by atoms with E-state index in [1.807, 2.05) is 13.8 Å². The van der Waals surface area contributed by atoms with Gasteiger partial charge in [0.1, 0.15) is 11.5 Å². The van der Waals surface area contributed by atoms with Crippen molar-refractivity contribution in [3.8, 4) is 0 Å². The number of nitrogens with zero attached hydrogens (tertiary/aromatic N) is 2. The number of nitrogens with one attached hydrogen (secondary N) is 1. The van der Waals surface area contributed by atoms with Crippen molar-refractivity contribution in [3.05, 3.63) is 40.1 Å². The summed E-state index contributed by atoms with van der Waals surface area (Å²) in [5, 5.41) is 7.99.